The molecule has 2 aromatic heterocycles. The maximum absolute atomic E-state index is 14.4. The molecule has 0 bridgehead atoms. The minimum Gasteiger partial charge on any atom is -0.414 e. The zero-order chi connectivity index (χ0) is 44.3. The van der Waals surface area contributed by atoms with E-state index < -0.39 is 110 Å². The minimum atomic E-state index is -4.35. The van der Waals surface area contributed by atoms with Crippen LogP contribution in [0.1, 0.15) is 71.5 Å². The first-order valence-electron chi connectivity index (χ1n) is 19.0. The molecule has 324 valence electrons. The molecule has 4 N–H and O–H groups in total. The van der Waals surface area contributed by atoms with Crippen LogP contribution in [0.5, 0.6) is 0 Å². The molecule has 7 atom stereocenters. The van der Waals surface area contributed by atoms with E-state index in [2.05, 4.69) is 26.9 Å². The lowest BCUT2D eigenvalue weighted by atomic mass is 9.89. The van der Waals surface area contributed by atoms with Crippen molar-refractivity contribution < 1.29 is 36.0 Å². The fourth-order valence-corrected chi connectivity index (χ4v) is 10.0. The average molecular weight is 879 g/mol. The molecule has 0 aromatic carbocycles. The smallest absolute Gasteiger partial charge is 0.334 e. The molecule has 5 rings (SSSR count). The molecule has 23 heteroatoms. The third-order valence-electron chi connectivity index (χ3n) is 12.0. The number of azide groups is 1. The Morgan fingerprint density at radius 3 is 2.27 bits per heavy atom. The number of hydrogen-bond acceptors (Lipinski definition) is 14. The van der Waals surface area contributed by atoms with E-state index in [0.29, 0.717) is 0 Å². The summed E-state index contributed by atoms with van der Waals surface area (Å²) in [7, 11) is -9.70. The summed E-state index contributed by atoms with van der Waals surface area (Å²) >= 11 is 0. The van der Waals surface area contributed by atoms with E-state index >= 15 is 0 Å². The second-order valence-corrected chi connectivity index (χ2v) is 29.0. The minimum absolute atomic E-state index is 0.0265. The zero-order valence-corrected chi connectivity index (χ0v) is 37.9. The maximum atomic E-state index is 14.4. The number of aromatic amines is 1. The first-order chi connectivity index (χ1) is 27.1. The Hall–Kier alpha value is -4.09. The summed E-state index contributed by atoms with van der Waals surface area (Å²) in [6.45, 7) is 20.3. The van der Waals surface area contributed by atoms with Crippen LogP contribution >= 0.6 is 0 Å². The van der Waals surface area contributed by atoms with Crippen molar-refractivity contribution >= 4 is 26.8 Å². The molecule has 1 spiro atoms. The van der Waals surface area contributed by atoms with Crippen molar-refractivity contribution in [3.8, 4) is 11.8 Å². The van der Waals surface area contributed by atoms with Crippen LogP contribution in [0.25, 0.3) is 10.4 Å². The third kappa shape index (κ3) is 8.74. The van der Waals surface area contributed by atoms with Crippen molar-refractivity contribution in [1.82, 2.24) is 18.7 Å². The van der Waals surface area contributed by atoms with Gasteiger partial charge >= 0.3 is 11.4 Å². The van der Waals surface area contributed by atoms with Gasteiger partial charge in [-0.05, 0) is 48.7 Å². The van der Waals surface area contributed by atoms with Gasteiger partial charge in [-0.25, -0.2) is 18.3 Å². The molecule has 0 amide bonds. The summed E-state index contributed by atoms with van der Waals surface area (Å²) in [4.78, 5) is 58.5. The van der Waals surface area contributed by atoms with Gasteiger partial charge in [0.05, 0.1) is 43.0 Å². The predicted octanol–water partition coefficient (Wildman–Crippen LogP) is 2.39. The molecule has 59 heavy (non-hydrogen) atoms. The number of rotatable bonds is 10. The van der Waals surface area contributed by atoms with E-state index in [-0.39, 0.29) is 34.9 Å². The maximum Gasteiger partial charge on any atom is 0.334 e. The van der Waals surface area contributed by atoms with E-state index in [4.69, 9.17) is 33.8 Å². The normalized spacial score (nSPS) is 27.0. The predicted molar refractivity (Wildman–Crippen MR) is 221 cm³/mol. The van der Waals surface area contributed by atoms with Crippen molar-refractivity contribution in [3.63, 3.8) is 0 Å². The zero-order valence-electron chi connectivity index (χ0n) is 35.1. The molecule has 0 saturated carbocycles. The lowest BCUT2D eigenvalue weighted by Gasteiger charge is -2.43. The lowest BCUT2D eigenvalue weighted by molar-refractivity contribution is -0.0567. The molecule has 2 unspecified atom stereocenters. The van der Waals surface area contributed by atoms with E-state index in [9.17, 15) is 32.7 Å². The third-order valence-corrected chi connectivity index (χ3v) is 22.0. The number of H-pyrrole nitrogens is 1. The number of aliphatic hydroxyl groups is 1. The molecule has 5 heterocycles. The SMILES string of the molecule is Cc1cn([C@@H]2OC(CO[Si](C)(C)C(C)(C)C)C3(OS(=O)(=O)C=C3N)[C@H]2O[Si](C)(C)C(C)(C)C)c(=O)n(CC#Cc2cn([C@H]3C[C@H](N=[N+]=[N-])[C@@H](CO)O3)c(=O)[nH]c2=O)c1=O. The number of nitrogens with one attached hydrogen (secondary N) is 1. The highest BCUT2D eigenvalue weighted by atomic mass is 32.2. The molecular formula is C36H54N8O12SSi2. The van der Waals surface area contributed by atoms with Crippen LogP contribution < -0.4 is 28.2 Å². The van der Waals surface area contributed by atoms with Gasteiger partial charge in [0.25, 0.3) is 21.2 Å². The summed E-state index contributed by atoms with van der Waals surface area (Å²) < 4.78 is 61.1. The van der Waals surface area contributed by atoms with Crippen LogP contribution in [0.2, 0.25) is 36.3 Å². The van der Waals surface area contributed by atoms with E-state index in [0.717, 1.165) is 25.3 Å². The molecule has 20 nitrogen and oxygen atoms in total. The van der Waals surface area contributed by atoms with Crippen molar-refractivity contribution in [2.24, 2.45) is 10.8 Å². The Bertz CT molecular complexity index is 2480. The van der Waals surface area contributed by atoms with Gasteiger partial charge in [-0.15, -0.1) is 0 Å². The molecule has 3 aliphatic rings. The number of aryl methyl sites for hydroxylation is 1. The van der Waals surface area contributed by atoms with Crippen LogP contribution in [-0.4, -0.2) is 92.0 Å². The highest BCUT2D eigenvalue weighted by molar-refractivity contribution is 7.90. The first-order valence-corrected chi connectivity index (χ1v) is 26.3. The monoisotopic (exact) mass is 878 g/mol. The highest BCUT2D eigenvalue weighted by Gasteiger charge is 2.67. The number of ether oxygens (including phenoxy) is 2. The second kappa shape index (κ2) is 16.1. The Balaban J connectivity index is 1.60. The van der Waals surface area contributed by atoms with E-state index in [1.807, 2.05) is 67.7 Å². The molecule has 0 radical (unpaired) electrons. The Morgan fingerprint density at radius 1 is 1.07 bits per heavy atom. The number of hydrogen-bond donors (Lipinski definition) is 3. The van der Waals surface area contributed by atoms with Crippen molar-refractivity contribution in [2.75, 3.05) is 13.2 Å². The average Bonchev–Trinajstić information content (AvgIpc) is 3.73. The van der Waals surface area contributed by atoms with Crippen molar-refractivity contribution in [3.05, 3.63) is 86.7 Å². The Kier molecular flexibility index (Phi) is 12.5. The van der Waals surface area contributed by atoms with E-state index in [1.165, 1.54) is 13.1 Å². The molecular weight excluding hydrogens is 825 g/mol. The summed E-state index contributed by atoms with van der Waals surface area (Å²) in [5.74, 6) is 5.29. The number of aromatic nitrogens is 4. The topological polar surface area (TPSA) is 274 Å². The van der Waals surface area contributed by atoms with Crippen molar-refractivity contribution in [2.45, 2.75) is 140 Å². The van der Waals surface area contributed by atoms with E-state index in [1.54, 1.807) is 0 Å². The van der Waals surface area contributed by atoms with Crippen molar-refractivity contribution in [1.29, 1.82) is 0 Å². The number of aliphatic hydroxyl groups excluding tert-OH is 1. The van der Waals surface area contributed by atoms with Crippen LogP contribution in [0.3, 0.4) is 0 Å². The quantitative estimate of drug-likeness (QED) is 0.0774. The highest BCUT2D eigenvalue weighted by Crippen LogP contribution is 2.52. The van der Waals surface area contributed by atoms with Gasteiger partial charge in [0.15, 0.2) is 28.5 Å². The Morgan fingerprint density at radius 2 is 1.71 bits per heavy atom. The summed E-state index contributed by atoms with van der Waals surface area (Å²) in [5, 5.41) is 13.4. The fourth-order valence-electron chi connectivity index (χ4n) is 6.53. The summed E-state index contributed by atoms with van der Waals surface area (Å²) in [6.07, 6.45) is -3.36. The molecule has 0 aliphatic carbocycles. The van der Waals surface area contributed by atoms with Crippen LogP contribution in [0, 0.1) is 18.8 Å². The van der Waals surface area contributed by atoms with Crippen LogP contribution in [-0.2, 0) is 39.2 Å². The lowest BCUT2D eigenvalue weighted by Crippen LogP contribution is -2.59. The fraction of sp³-hybridized carbons (Fsp3) is 0.667. The number of nitrogens with two attached hydrogens (primary N) is 1. The Labute approximate surface area is 343 Å². The molecule has 2 fully saturated rings. The molecule has 2 saturated heterocycles. The molecule has 3 aliphatic heterocycles. The van der Waals surface area contributed by atoms with Gasteiger partial charge in [-0.1, -0.05) is 58.5 Å². The second-order valence-electron chi connectivity index (χ2n) is 18.1. The number of nitrogens with zero attached hydrogens (tertiary/aromatic N) is 6. The standard InChI is InChI=1S/C36H54N8O12SSi2/c1-21-16-44(33(49)42(30(21)47)14-12-13-22-17-43(32(48)39-29(22)46)27-15-23(40-41-38)24(18-45)53-27)31-28(55-59(10,11)35(5,6)7)36(25(37)20-57(50,51)56-36)26(54-31)19-52-58(8,9)34(2,3)4/h16-17,20,23-24,26-28,31,45H,14-15,18-19,37H2,1-11H3,(H,39,46,48)/t23-,24+,26?,27+,28-,31+,36?/m0/s1. The first kappa shape index (κ1) is 46.0. The van der Waals surface area contributed by atoms with Gasteiger partial charge in [-0.2, -0.15) is 8.42 Å². The van der Waals surface area contributed by atoms with Gasteiger partial charge in [-0.3, -0.25) is 23.7 Å². The summed E-state index contributed by atoms with van der Waals surface area (Å²) in [5.41, 5.74) is 9.93. The van der Waals surface area contributed by atoms with Crippen LogP contribution in [0.15, 0.2) is 47.8 Å². The van der Waals surface area contributed by atoms with Crippen LogP contribution in [0.4, 0.5) is 0 Å². The van der Waals surface area contributed by atoms with Gasteiger partial charge < -0.3 is 29.2 Å². The van der Waals surface area contributed by atoms with Gasteiger partial charge in [0.2, 0.25) is 0 Å². The molecule has 2 aromatic rings. The van der Waals surface area contributed by atoms with Gasteiger partial charge in [0, 0.05) is 29.3 Å². The summed E-state index contributed by atoms with van der Waals surface area (Å²) in [6, 6.07) is -0.776. The largest absolute Gasteiger partial charge is 0.414 e. The van der Waals surface area contributed by atoms with Gasteiger partial charge in [0.1, 0.15) is 24.0 Å².